The molecule has 0 unspecified atom stereocenters. The van der Waals surface area contributed by atoms with E-state index in [4.69, 9.17) is 5.73 Å². The van der Waals surface area contributed by atoms with Crippen LogP contribution in [0.5, 0.6) is 0 Å². The topological polar surface area (TPSA) is 64.1 Å². The molecule has 0 atom stereocenters. The van der Waals surface area contributed by atoms with Gasteiger partial charge in [0.2, 0.25) is 0 Å². The molecule has 1 aliphatic carbocycles. The predicted octanol–water partition coefficient (Wildman–Crippen LogP) is 0.829. The summed E-state index contributed by atoms with van der Waals surface area (Å²) in [6, 6.07) is 0. The van der Waals surface area contributed by atoms with Crippen molar-refractivity contribution >= 4 is 0 Å². The van der Waals surface area contributed by atoms with Crippen molar-refractivity contribution < 1.29 is 5.11 Å². The lowest BCUT2D eigenvalue weighted by Crippen LogP contribution is -2.52. The van der Waals surface area contributed by atoms with Gasteiger partial charge in [0.15, 0.2) is 0 Å². The summed E-state index contributed by atoms with van der Waals surface area (Å²) in [6.45, 7) is 6.99. The van der Waals surface area contributed by atoms with Crippen LogP contribution in [0.3, 0.4) is 0 Å². The normalized spacial score (nSPS) is 30.3. The molecule has 15 heavy (non-hydrogen) atoms. The quantitative estimate of drug-likeness (QED) is 0.758. The standard InChI is InChI=1S/C11H19N3O/c1-4-14-8(3)10(7(2)13-14)11(12)5-9(15)6-11/h9,15H,4-6,12H2,1-3H3. The van der Waals surface area contributed by atoms with Crippen LogP contribution in [-0.4, -0.2) is 21.0 Å². The van der Waals surface area contributed by atoms with Crippen LogP contribution in [0.25, 0.3) is 0 Å². The van der Waals surface area contributed by atoms with Crippen molar-refractivity contribution in [2.24, 2.45) is 5.73 Å². The molecule has 0 aliphatic heterocycles. The Balaban J connectivity index is 2.40. The Kier molecular flexibility index (Phi) is 2.35. The second-order valence-corrected chi connectivity index (χ2v) is 4.58. The molecule has 4 nitrogen and oxygen atoms in total. The summed E-state index contributed by atoms with van der Waals surface area (Å²) in [4.78, 5) is 0. The van der Waals surface area contributed by atoms with E-state index in [2.05, 4.69) is 18.9 Å². The minimum Gasteiger partial charge on any atom is -0.393 e. The van der Waals surface area contributed by atoms with E-state index >= 15 is 0 Å². The zero-order valence-corrected chi connectivity index (χ0v) is 9.62. The average Bonchev–Trinajstić information content (AvgIpc) is 2.39. The van der Waals surface area contributed by atoms with E-state index < -0.39 is 0 Å². The van der Waals surface area contributed by atoms with Crippen molar-refractivity contribution in [3.63, 3.8) is 0 Å². The lowest BCUT2D eigenvalue weighted by Gasteiger charge is -2.42. The van der Waals surface area contributed by atoms with Crippen LogP contribution in [-0.2, 0) is 12.1 Å². The van der Waals surface area contributed by atoms with Gasteiger partial charge in [-0.2, -0.15) is 5.10 Å². The van der Waals surface area contributed by atoms with Crippen LogP contribution < -0.4 is 5.73 Å². The summed E-state index contributed by atoms with van der Waals surface area (Å²) in [5.41, 5.74) is 9.21. The van der Waals surface area contributed by atoms with Gasteiger partial charge in [-0.15, -0.1) is 0 Å². The smallest absolute Gasteiger partial charge is 0.0647 e. The number of hydrogen-bond acceptors (Lipinski definition) is 3. The molecule has 0 bridgehead atoms. The molecule has 0 radical (unpaired) electrons. The summed E-state index contributed by atoms with van der Waals surface area (Å²) in [5, 5.41) is 13.8. The first-order valence-electron chi connectivity index (χ1n) is 5.49. The van der Waals surface area contributed by atoms with Crippen molar-refractivity contribution in [2.45, 2.75) is 51.8 Å². The van der Waals surface area contributed by atoms with Crippen molar-refractivity contribution in [1.29, 1.82) is 0 Å². The Morgan fingerprint density at radius 1 is 1.53 bits per heavy atom. The van der Waals surface area contributed by atoms with E-state index in [1.165, 1.54) is 0 Å². The first-order valence-corrected chi connectivity index (χ1v) is 5.49. The first kappa shape index (κ1) is 10.6. The molecule has 84 valence electrons. The van der Waals surface area contributed by atoms with Crippen molar-refractivity contribution in [2.75, 3.05) is 0 Å². The molecule has 1 heterocycles. The number of aromatic nitrogens is 2. The van der Waals surface area contributed by atoms with Gasteiger partial charge in [-0.05, 0) is 33.6 Å². The van der Waals surface area contributed by atoms with Gasteiger partial charge >= 0.3 is 0 Å². The Hall–Kier alpha value is -0.870. The van der Waals surface area contributed by atoms with Crippen LogP contribution in [0, 0.1) is 13.8 Å². The highest BCUT2D eigenvalue weighted by atomic mass is 16.3. The van der Waals surface area contributed by atoms with Gasteiger partial charge in [-0.25, -0.2) is 0 Å². The zero-order valence-electron chi connectivity index (χ0n) is 9.62. The fraction of sp³-hybridized carbons (Fsp3) is 0.727. The molecule has 1 aromatic rings. The minimum absolute atomic E-state index is 0.237. The van der Waals surface area contributed by atoms with Crippen LogP contribution in [0.1, 0.15) is 36.7 Å². The molecule has 0 amide bonds. The van der Waals surface area contributed by atoms with Crippen LogP contribution >= 0.6 is 0 Å². The molecular weight excluding hydrogens is 190 g/mol. The van der Waals surface area contributed by atoms with Crippen molar-refractivity contribution in [1.82, 2.24) is 9.78 Å². The van der Waals surface area contributed by atoms with E-state index in [-0.39, 0.29) is 11.6 Å². The number of aliphatic hydroxyl groups excluding tert-OH is 1. The Bertz CT molecular complexity index is 377. The lowest BCUT2D eigenvalue weighted by atomic mass is 9.70. The molecule has 3 N–H and O–H groups in total. The fourth-order valence-corrected chi connectivity index (χ4v) is 2.71. The van der Waals surface area contributed by atoms with Crippen LogP contribution in [0.2, 0.25) is 0 Å². The Labute approximate surface area is 90.1 Å². The van der Waals surface area contributed by atoms with E-state index in [9.17, 15) is 5.11 Å². The molecule has 0 aromatic carbocycles. The molecule has 0 saturated heterocycles. The summed E-state index contributed by atoms with van der Waals surface area (Å²) < 4.78 is 1.98. The Morgan fingerprint density at radius 3 is 2.53 bits per heavy atom. The van der Waals surface area contributed by atoms with Crippen LogP contribution in [0.15, 0.2) is 0 Å². The highest BCUT2D eigenvalue weighted by molar-refractivity contribution is 5.35. The monoisotopic (exact) mass is 209 g/mol. The van der Waals surface area contributed by atoms with Gasteiger partial charge in [-0.3, -0.25) is 4.68 Å². The van der Waals surface area contributed by atoms with E-state index in [1.54, 1.807) is 0 Å². The van der Waals surface area contributed by atoms with Gasteiger partial charge in [-0.1, -0.05) is 0 Å². The fourth-order valence-electron chi connectivity index (χ4n) is 2.71. The van der Waals surface area contributed by atoms with Gasteiger partial charge in [0.05, 0.1) is 11.8 Å². The molecule has 0 spiro atoms. The largest absolute Gasteiger partial charge is 0.393 e. The van der Waals surface area contributed by atoms with E-state index in [0.29, 0.717) is 12.8 Å². The maximum Gasteiger partial charge on any atom is 0.0647 e. The van der Waals surface area contributed by atoms with E-state index in [0.717, 1.165) is 23.5 Å². The Morgan fingerprint density at radius 2 is 2.13 bits per heavy atom. The summed E-state index contributed by atoms with van der Waals surface area (Å²) in [5.74, 6) is 0. The molecule has 1 saturated carbocycles. The number of rotatable bonds is 2. The number of aryl methyl sites for hydroxylation is 2. The summed E-state index contributed by atoms with van der Waals surface area (Å²) >= 11 is 0. The average molecular weight is 209 g/mol. The van der Waals surface area contributed by atoms with Gasteiger partial charge < -0.3 is 10.8 Å². The molecule has 4 heteroatoms. The number of nitrogens with zero attached hydrogens (tertiary/aromatic N) is 2. The van der Waals surface area contributed by atoms with Crippen molar-refractivity contribution in [3.05, 3.63) is 17.0 Å². The predicted molar refractivity (Wildman–Crippen MR) is 58.5 cm³/mol. The molecule has 1 aromatic heterocycles. The molecule has 1 aliphatic rings. The minimum atomic E-state index is -0.346. The molecular formula is C11H19N3O. The van der Waals surface area contributed by atoms with E-state index in [1.807, 2.05) is 11.6 Å². The highest BCUT2D eigenvalue weighted by Crippen LogP contribution is 2.41. The second-order valence-electron chi connectivity index (χ2n) is 4.58. The van der Waals surface area contributed by atoms with Gasteiger partial charge in [0, 0.05) is 23.3 Å². The van der Waals surface area contributed by atoms with Gasteiger partial charge in [0.25, 0.3) is 0 Å². The highest BCUT2D eigenvalue weighted by Gasteiger charge is 2.44. The number of aliphatic hydroxyl groups is 1. The first-order chi connectivity index (χ1) is 6.98. The molecule has 1 fully saturated rings. The van der Waals surface area contributed by atoms with Crippen molar-refractivity contribution in [3.8, 4) is 0 Å². The maximum absolute atomic E-state index is 9.38. The summed E-state index contributed by atoms with van der Waals surface area (Å²) in [6.07, 6.45) is 1.08. The third-order valence-electron chi connectivity index (χ3n) is 3.38. The molecule has 2 rings (SSSR count). The van der Waals surface area contributed by atoms with Crippen LogP contribution in [0.4, 0.5) is 0 Å². The third kappa shape index (κ3) is 1.48. The zero-order chi connectivity index (χ0) is 11.2. The number of nitrogens with two attached hydrogens (primary N) is 1. The maximum atomic E-state index is 9.38. The lowest BCUT2D eigenvalue weighted by molar-refractivity contribution is 0.0203. The number of hydrogen-bond donors (Lipinski definition) is 2. The SMILES string of the molecule is CCn1nc(C)c(C2(N)CC(O)C2)c1C. The second kappa shape index (κ2) is 3.32. The third-order valence-corrected chi connectivity index (χ3v) is 3.38. The van der Waals surface area contributed by atoms with Gasteiger partial charge in [0.1, 0.15) is 0 Å². The summed E-state index contributed by atoms with van der Waals surface area (Å²) in [7, 11) is 0.